The topological polar surface area (TPSA) is 60.9 Å². The molecule has 0 atom stereocenters. The van der Waals surface area contributed by atoms with Crippen LogP contribution in [0.2, 0.25) is 0 Å². The first kappa shape index (κ1) is 26.8. The van der Waals surface area contributed by atoms with Crippen LogP contribution in [-0.4, -0.2) is 63.1 Å². The molecule has 0 radical (unpaired) electrons. The number of anilines is 1. The summed E-state index contributed by atoms with van der Waals surface area (Å²) >= 11 is 0. The van der Waals surface area contributed by atoms with Gasteiger partial charge in [0.05, 0.1) is 18.0 Å². The summed E-state index contributed by atoms with van der Waals surface area (Å²) in [5, 5.41) is 0. The van der Waals surface area contributed by atoms with Crippen LogP contribution in [0.25, 0.3) is 0 Å². The molecule has 0 aliphatic carbocycles. The number of carbonyl (C=O) groups excluding carboxylic acids is 1. The van der Waals surface area contributed by atoms with Gasteiger partial charge in [-0.15, -0.1) is 0 Å². The standard InChI is InChI=1S/C28H31F2N3O3S/c1-37(35,36)33(24-14-15-25(29)26(30)21-24)16-8-13-27(34)31-17-19-32(20-18-31)28(22-9-4-2-5-10-22)23-11-6-3-7-12-23/h2-7,9-12,14-15,21,28H,8,13,16-20H2,1H3. The molecular weight excluding hydrogens is 496 g/mol. The predicted octanol–water partition coefficient (Wildman–Crippen LogP) is 4.44. The molecule has 37 heavy (non-hydrogen) atoms. The van der Waals surface area contributed by atoms with Gasteiger partial charge in [-0.2, -0.15) is 0 Å². The maximum absolute atomic E-state index is 13.7. The van der Waals surface area contributed by atoms with E-state index in [1.54, 1.807) is 0 Å². The molecule has 0 bridgehead atoms. The summed E-state index contributed by atoms with van der Waals surface area (Å²) in [7, 11) is -3.73. The van der Waals surface area contributed by atoms with Crippen molar-refractivity contribution in [2.24, 2.45) is 0 Å². The van der Waals surface area contributed by atoms with Gasteiger partial charge in [0.15, 0.2) is 11.6 Å². The van der Waals surface area contributed by atoms with Gasteiger partial charge in [-0.05, 0) is 29.7 Å². The maximum atomic E-state index is 13.7. The molecule has 9 heteroatoms. The molecule has 0 unspecified atom stereocenters. The molecule has 0 aromatic heterocycles. The second-order valence-electron chi connectivity index (χ2n) is 9.18. The first-order valence-electron chi connectivity index (χ1n) is 12.3. The molecule has 3 aromatic rings. The van der Waals surface area contributed by atoms with Crippen LogP contribution in [0.4, 0.5) is 14.5 Å². The molecule has 1 aliphatic rings. The quantitative estimate of drug-likeness (QED) is 0.413. The van der Waals surface area contributed by atoms with Crippen LogP contribution >= 0.6 is 0 Å². The molecule has 0 saturated carbocycles. The Morgan fingerprint density at radius 1 is 0.865 bits per heavy atom. The summed E-state index contributed by atoms with van der Waals surface area (Å²) in [6, 6.07) is 23.7. The first-order valence-corrected chi connectivity index (χ1v) is 14.1. The lowest BCUT2D eigenvalue weighted by molar-refractivity contribution is -0.133. The third-order valence-corrected chi connectivity index (χ3v) is 7.80. The molecule has 0 spiro atoms. The summed E-state index contributed by atoms with van der Waals surface area (Å²) in [6.45, 7) is 2.58. The number of benzene rings is 3. The van der Waals surface area contributed by atoms with E-state index < -0.39 is 21.7 Å². The Bertz CT molecular complexity index is 1260. The van der Waals surface area contributed by atoms with E-state index in [1.165, 1.54) is 17.2 Å². The molecule has 0 N–H and O–H groups in total. The fraction of sp³-hybridized carbons (Fsp3) is 0.321. The molecule has 1 fully saturated rings. The molecular formula is C28H31F2N3O3S. The minimum atomic E-state index is -3.73. The molecule has 6 nitrogen and oxygen atoms in total. The number of rotatable bonds is 9. The minimum absolute atomic E-state index is 0.000298. The van der Waals surface area contributed by atoms with Gasteiger partial charge in [0.2, 0.25) is 15.9 Å². The zero-order chi connectivity index (χ0) is 26.4. The van der Waals surface area contributed by atoms with E-state index in [-0.39, 0.29) is 37.0 Å². The predicted molar refractivity (Wildman–Crippen MR) is 141 cm³/mol. The van der Waals surface area contributed by atoms with Crippen LogP contribution in [0.3, 0.4) is 0 Å². The van der Waals surface area contributed by atoms with E-state index in [0.717, 1.165) is 22.7 Å². The van der Waals surface area contributed by atoms with Gasteiger partial charge < -0.3 is 4.90 Å². The average Bonchev–Trinajstić information content (AvgIpc) is 2.89. The van der Waals surface area contributed by atoms with Gasteiger partial charge in [-0.25, -0.2) is 17.2 Å². The van der Waals surface area contributed by atoms with Crippen LogP contribution in [0.1, 0.15) is 30.0 Å². The van der Waals surface area contributed by atoms with Crippen molar-refractivity contribution in [3.05, 3.63) is 102 Å². The lowest BCUT2D eigenvalue weighted by Gasteiger charge is -2.40. The van der Waals surface area contributed by atoms with E-state index in [9.17, 15) is 22.0 Å². The zero-order valence-electron chi connectivity index (χ0n) is 20.8. The van der Waals surface area contributed by atoms with Crippen molar-refractivity contribution in [1.29, 1.82) is 0 Å². The highest BCUT2D eigenvalue weighted by molar-refractivity contribution is 7.92. The van der Waals surface area contributed by atoms with Crippen LogP contribution < -0.4 is 4.31 Å². The number of piperazine rings is 1. The third-order valence-electron chi connectivity index (χ3n) is 6.61. The minimum Gasteiger partial charge on any atom is -0.340 e. The highest BCUT2D eigenvalue weighted by Crippen LogP contribution is 2.29. The Kier molecular flexibility index (Phi) is 8.56. The number of amides is 1. The molecule has 3 aromatic carbocycles. The fourth-order valence-electron chi connectivity index (χ4n) is 4.77. The van der Waals surface area contributed by atoms with Gasteiger partial charge in [0.1, 0.15) is 0 Å². The summed E-state index contributed by atoms with van der Waals surface area (Å²) in [5.74, 6) is -2.22. The molecule has 1 amide bonds. The monoisotopic (exact) mass is 527 g/mol. The van der Waals surface area contributed by atoms with Crippen molar-refractivity contribution in [2.75, 3.05) is 43.3 Å². The van der Waals surface area contributed by atoms with Crippen molar-refractivity contribution in [2.45, 2.75) is 18.9 Å². The van der Waals surface area contributed by atoms with Crippen molar-refractivity contribution in [1.82, 2.24) is 9.80 Å². The number of sulfonamides is 1. The Balaban J connectivity index is 1.35. The lowest BCUT2D eigenvalue weighted by Crippen LogP contribution is -2.50. The Morgan fingerprint density at radius 2 is 1.43 bits per heavy atom. The second kappa shape index (κ2) is 11.8. The van der Waals surface area contributed by atoms with Crippen LogP contribution in [0, 0.1) is 11.6 Å². The average molecular weight is 528 g/mol. The molecule has 4 rings (SSSR count). The molecule has 1 saturated heterocycles. The van der Waals surface area contributed by atoms with E-state index in [1.807, 2.05) is 41.3 Å². The van der Waals surface area contributed by atoms with Gasteiger partial charge >= 0.3 is 0 Å². The number of hydrogen-bond donors (Lipinski definition) is 0. The Hall–Kier alpha value is -3.30. The van der Waals surface area contributed by atoms with Crippen molar-refractivity contribution >= 4 is 21.6 Å². The number of nitrogens with zero attached hydrogens (tertiary/aromatic N) is 3. The maximum Gasteiger partial charge on any atom is 0.232 e. The van der Waals surface area contributed by atoms with Gasteiger partial charge in [0.25, 0.3) is 0 Å². The second-order valence-corrected chi connectivity index (χ2v) is 11.1. The van der Waals surface area contributed by atoms with Crippen LogP contribution in [0.15, 0.2) is 78.9 Å². The summed E-state index contributed by atoms with van der Waals surface area (Å²) in [4.78, 5) is 17.1. The third kappa shape index (κ3) is 6.72. The van der Waals surface area contributed by atoms with Gasteiger partial charge in [0, 0.05) is 45.2 Å². The Labute approximate surface area is 217 Å². The van der Waals surface area contributed by atoms with Gasteiger partial charge in [-0.3, -0.25) is 14.0 Å². The largest absolute Gasteiger partial charge is 0.340 e. The van der Waals surface area contributed by atoms with Crippen molar-refractivity contribution in [3.63, 3.8) is 0 Å². The van der Waals surface area contributed by atoms with Crippen molar-refractivity contribution < 1.29 is 22.0 Å². The van der Waals surface area contributed by atoms with E-state index in [4.69, 9.17) is 0 Å². The van der Waals surface area contributed by atoms with Gasteiger partial charge in [-0.1, -0.05) is 60.7 Å². The van der Waals surface area contributed by atoms with E-state index in [2.05, 4.69) is 29.2 Å². The number of halogens is 2. The lowest BCUT2D eigenvalue weighted by atomic mass is 9.96. The number of carbonyl (C=O) groups is 1. The molecule has 196 valence electrons. The highest BCUT2D eigenvalue weighted by atomic mass is 32.2. The normalized spacial score (nSPS) is 14.6. The van der Waals surface area contributed by atoms with Crippen LogP contribution in [0.5, 0.6) is 0 Å². The smallest absolute Gasteiger partial charge is 0.232 e. The van der Waals surface area contributed by atoms with Crippen molar-refractivity contribution in [3.8, 4) is 0 Å². The Morgan fingerprint density at radius 3 is 1.95 bits per heavy atom. The summed E-state index contributed by atoms with van der Waals surface area (Å²) in [6.07, 6.45) is 1.43. The van der Waals surface area contributed by atoms with E-state index >= 15 is 0 Å². The number of hydrogen-bond acceptors (Lipinski definition) is 4. The molecule has 1 aliphatic heterocycles. The zero-order valence-corrected chi connectivity index (χ0v) is 21.6. The first-order chi connectivity index (χ1) is 17.7. The fourth-order valence-corrected chi connectivity index (χ4v) is 5.73. The molecule has 1 heterocycles. The highest BCUT2D eigenvalue weighted by Gasteiger charge is 2.28. The van der Waals surface area contributed by atoms with E-state index in [0.29, 0.717) is 26.2 Å². The summed E-state index contributed by atoms with van der Waals surface area (Å²) < 4.78 is 52.5. The van der Waals surface area contributed by atoms with Crippen LogP contribution in [-0.2, 0) is 14.8 Å². The SMILES string of the molecule is CS(=O)(=O)N(CCCC(=O)N1CCN(C(c2ccccc2)c2ccccc2)CC1)c1ccc(F)c(F)c1. The summed E-state index contributed by atoms with van der Waals surface area (Å²) in [5.41, 5.74) is 2.44.